The maximum absolute atomic E-state index is 12.6. The van der Waals surface area contributed by atoms with E-state index in [2.05, 4.69) is 20.1 Å². The fourth-order valence-corrected chi connectivity index (χ4v) is 4.02. The summed E-state index contributed by atoms with van der Waals surface area (Å²) in [6, 6.07) is 5.28. The van der Waals surface area contributed by atoms with Crippen LogP contribution in [0.2, 0.25) is 0 Å². The lowest BCUT2D eigenvalue weighted by Gasteiger charge is -2.40. The molecule has 4 rings (SSSR count). The second kappa shape index (κ2) is 7.83. The smallest absolute Gasteiger partial charge is 0.261 e. The van der Waals surface area contributed by atoms with E-state index >= 15 is 0 Å². The number of halogens is 2. The number of rotatable bonds is 4. The number of anilines is 1. The molecule has 0 spiro atoms. The van der Waals surface area contributed by atoms with E-state index in [1.165, 1.54) is 6.33 Å². The van der Waals surface area contributed by atoms with Crippen molar-refractivity contribution < 1.29 is 13.6 Å². The summed E-state index contributed by atoms with van der Waals surface area (Å²) >= 11 is 0. The van der Waals surface area contributed by atoms with Gasteiger partial charge in [-0.1, -0.05) is 0 Å². The molecule has 0 radical (unpaired) electrons. The molecule has 28 heavy (non-hydrogen) atoms. The minimum absolute atomic E-state index is 0.0394. The van der Waals surface area contributed by atoms with Crippen LogP contribution < -0.4 is 15.8 Å². The number of nitrogens with zero attached hydrogens (tertiary/aromatic N) is 4. The van der Waals surface area contributed by atoms with Crippen LogP contribution >= 0.6 is 0 Å². The number of hydrogen-bond donors (Lipinski definition) is 1. The van der Waals surface area contributed by atoms with Gasteiger partial charge in [-0.2, -0.15) is 0 Å². The zero-order valence-electron chi connectivity index (χ0n) is 15.5. The Balaban J connectivity index is 1.48. The summed E-state index contributed by atoms with van der Waals surface area (Å²) < 4.78 is 26.1. The minimum Gasteiger partial charge on any atom is -0.369 e. The first-order valence-corrected chi connectivity index (χ1v) is 9.57. The van der Waals surface area contributed by atoms with Gasteiger partial charge in [-0.25, -0.2) is 13.8 Å². The summed E-state index contributed by atoms with van der Waals surface area (Å²) in [6.45, 7) is 3.24. The molecule has 0 saturated carbocycles. The van der Waals surface area contributed by atoms with Gasteiger partial charge in [0.25, 0.3) is 12.0 Å². The Morgan fingerprint density at radius 3 is 2.68 bits per heavy atom. The quantitative estimate of drug-likeness (QED) is 0.844. The molecule has 2 fully saturated rings. The molecule has 9 heteroatoms. The molecule has 1 aromatic heterocycles. The van der Waals surface area contributed by atoms with Crippen molar-refractivity contribution in [2.75, 3.05) is 37.6 Å². The van der Waals surface area contributed by atoms with Crippen molar-refractivity contribution in [3.05, 3.63) is 34.9 Å². The highest BCUT2D eigenvalue weighted by atomic mass is 19.3. The van der Waals surface area contributed by atoms with Crippen LogP contribution in [0.25, 0.3) is 10.9 Å². The molecule has 2 aliphatic heterocycles. The van der Waals surface area contributed by atoms with Gasteiger partial charge in [0.15, 0.2) is 0 Å². The molecule has 2 saturated heterocycles. The molecule has 150 valence electrons. The first-order valence-electron chi connectivity index (χ1n) is 9.57. The molecule has 2 aromatic rings. The number of nitrogens with one attached hydrogen (secondary N) is 1. The third kappa shape index (κ3) is 3.71. The SMILES string of the molecule is O=C1NCCCC1N1CCN(c2ccc3c(=O)n(CC(F)F)cnc3c2)CC1. The average molecular weight is 391 g/mol. The van der Waals surface area contributed by atoms with Crippen molar-refractivity contribution in [1.29, 1.82) is 0 Å². The summed E-state index contributed by atoms with van der Waals surface area (Å²) in [5, 5.41) is 3.27. The number of benzene rings is 1. The van der Waals surface area contributed by atoms with Gasteiger partial charge in [0, 0.05) is 38.4 Å². The van der Waals surface area contributed by atoms with E-state index in [4.69, 9.17) is 0 Å². The number of amides is 1. The zero-order valence-corrected chi connectivity index (χ0v) is 15.5. The van der Waals surface area contributed by atoms with E-state index in [0.29, 0.717) is 10.9 Å². The number of fused-ring (bicyclic) bond motifs is 1. The van der Waals surface area contributed by atoms with Crippen molar-refractivity contribution in [2.45, 2.75) is 31.9 Å². The van der Waals surface area contributed by atoms with Gasteiger partial charge >= 0.3 is 0 Å². The van der Waals surface area contributed by atoms with E-state index in [1.807, 2.05) is 12.1 Å². The van der Waals surface area contributed by atoms with E-state index in [1.54, 1.807) is 6.07 Å². The lowest BCUT2D eigenvalue weighted by molar-refractivity contribution is -0.128. The predicted molar refractivity (Wildman–Crippen MR) is 102 cm³/mol. The molecule has 1 N–H and O–H groups in total. The van der Waals surface area contributed by atoms with Crippen molar-refractivity contribution in [2.24, 2.45) is 0 Å². The lowest BCUT2D eigenvalue weighted by atomic mass is 10.0. The van der Waals surface area contributed by atoms with Crippen molar-refractivity contribution >= 4 is 22.5 Å². The number of hydrogen-bond acceptors (Lipinski definition) is 5. The first kappa shape index (κ1) is 18.8. The Morgan fingerprint density at radius 1 is 1.18 bits per heavy atom. The van der Waals surface area contributed by atoms with Gasteiger partial charge in [-0.3, -0.25) is 19.1 Å². The number of carbonyl (C=O) groups is 1. The summed E-state index contributed by atoms with van der Waals surface area (Å²) in [7, 11) is 0. The van der Waals surface area contributed by atoms with Crippen LogP contribution in [0.3, 0.4) is 0 Å². The molecule has 3 heterocycles. The molecule has 1 atom stereocenters. The molecule has 7 nitrogen and oxygen atoms in total. The maximum atomic E-state index is 12.6. The van der Waals surface area contributed by atoms with Gasteiger partial charge in [0.05, 0.1) is 29.8 Å². The molecule has 1 amide bonds. The summed E-state index contributed by atoms with van der Waals surface area (Å²) in [6.07, 6.45) is 0.492. The van der Waals surface area contributed by atoms with Crippen LogP contribution in [0.5, 0.6) is 0 Å². The highest BCUT2D eigenvalue weighted by molar-refractivity contribution is 5.83. The number of piperazine rings is 1. The highest BCUT2D eigenvalue weighted by Gasteiger charge is 2.30. The predicted octanol–water partition coefficient (Wildman–Crippen LogP) is 1.06. The van der Waals surface area contributed by atoms with E-state index < -0.39 is 18.5 Å². The second-order valence-corrected chi connectivity index (χ2v) is 7.27. The molecule has 2 aliphatic rings. The Morgan fingerprint density at radius 2 is 1.96 bits per heavy atom. The monoisotopic (exact) mass is 391 g/mol. The summed E-state index contributed by atoms with van der Waals surface area (Å²) in [5.41, 5.74) is 0.992. The summed E-state index contributed by atoms with van der Waals surface area (Å²) in [4.78, 5) is 33.0. The van der Waals surface area contributed by atoms with E-state index in [-0.39, 0.29) is 11.9 Å². The molecule has 0 bridgehead atoms. The lowest BCUT2D eigenvalue weighted by Crippen LogP contribution is -2.56. The summed E-state index contributed by atoms with van der Waals surface area (Å²) in [5.74, 6) is 0.120. The Labute approximate surface area is 160 Å². The van der Waals surface area contributed by atoms with E-state index in [9.17, 15) is 18.4 Å². The fourth-order valence-electron chi connectivity index (χ4n) is 4.02. The minimum atomic E-state index is -2.60. The van der Waals surface area contributed by atoms with Gasteiger partial charge < -0.3 is 10.2 Å². The molecular weight excluding hydrogens is 368 g/mol. The van der Waals surface area contributed by atoms with Crippen LogP contribution in [0, 0.1) is 0 Å². The van der Waals surface area contributed by atoms with Crippen molar-refractivity contribution in [1.82, 2.24) is 19.8 Å². The number of piperidine rings is 1. The first-order chi connectivity index (χ1) is 13.5. The zero-order chi connectivity index (χ0) is 19.7. The highest BCUT2D eigenvalue weighted by Crippen LogP contribution is 2.22. The van der Waals surface area contributed by atoms with Gasteiger partial charge in [-0.15, -0.1) is 0 Å². The van der Waals surface area contributed by atoms with Crippen LogP contribution in [0.4, 0.5) is 14.5 Å². The number of alkyl halides is 2. The van der Waals surface area contributed by atoms with Gasteiger partial charge in [0.1, 0.15) is 0 Å². The van der Waals surface area contributed by atoms with Crippen molar-refractivity contribution in [3.8, 4) is 0 Å². The second-order valence-electron chi connectivity index (χ2n) is 7.27. The topological polar surface area (TPSA) is 70.5 Å². The van der Waals surface area contributed by atoms with Crippen LogP contribution in [0.1, 0.15) is 12.8 Å². The molecule has 1 unspecified atom stereocenters. The van der Waals surface area contributed by atoms with Gasteiger partial charge in [-0.05, 0) is 31.0 Å². The molecular formula is C19H23F2N5O2. The normalized spacial score (nSPS) is 21.3. The van der Waals surface area contributed by atoms with Crippen LogP contribution in [-0.2, 0) is 11.3 Å². The van der Waals surface area contributed by atoms with Crippen LogP contribution in [-0.4, -0.2) is 65.5 Å². The van der Waals surface area contributed by atoms with Crippen molar-refractivity contribution in [3.63, 3.8) is 0 Å². The number of carbonyl (C=O) groups excluding carboxylic acids is 1. The Bertz CT molecular complexity index is 924. The largest absolute Gasteiger partial charge is 0.369 e. The Hall–Kier alpha value is -2.55. The molecule has 0 aliphatic carbocycles. The average Bonchev–Trinajstić information content (AvgIpc) is 2.70. The fraction of sp³-hybridized carbons (Fsp3) is 0.526. The maximum Gasteiger partial charge on any atom is 0.261 e. The third-order valence-electron chi connectivity index (χ3n) is 5.52. The Kier molecular flexibility index (Phi) is 5.25. The number of aromatic nitrogens is 2. The third-order valence-corrected chi connectivity index (χ3v) is 5.52. The standard InChI is InChI=1S/C19H23F2N5O2/c20-17(21)11-26-12-23-15-10-13(3-4-14(15)19(26)28)24-6-8-25(9-7-24)16-2-1-5-22-18(16)27/h3-4,10,12,16-17H,1-2,5-9,11H2,(H,22,27). The molecule has 1 aromatic carbocycles. The van der Waals surface area contributed by atoms with Crippen LogP contribution in [0.15, 0.2) is 29.3 Å². The van der Waals surface area contributed by atoms with Gasteiger partial charge in [0.2, 0.25) is 5.91 Å². The van der Waals surface area contributed by atoms with E-state index in [0.717, 1.165) is 55.8 Å².